The van der Waals surface area contributed by atoms with E-state index in [0.717, 1.165) is 19.3 Å². The standard InChI is InChI=1S/C12H22N2O3/c1-9-12(16,5-6-17-9)8-14-10(15)11(7-13)3-2-4-11/h9,16H,2-8,13H2,1H3,(H,14,15). The number of aliphatic hydroxyl groups is 1. The molecule has 0 aromatic carbocycles. The van der Waals surface area contributed by atoms with Gasteiger partial charge >= 0.3 is 0 Å². The third-order valence-corrected chi connectivity index (χ3v) is 4.40. The van der Waals surface area contributed by atoms with Crippen molar-refractivity contribution in [1.29, 1.82) is 0 Å². The molecule has 0 radical (unpaired) electrons. The number of carbonyl (C=O) groups is 1. The average molecular weight is 242 g/mol. The Morgan fingerprint density at radius 1 is 1.53 bits per heavy atom. The Morgan fingerprint density at radius 3 is 2.65 bits per heavy atom. The molecule has 17 heavy (non-hydrogen) atoms. The highest BCUT2D eigenvalue weighted by atomic mass is 16.5. The largest absolute Gasteiger partial charge is 0.385 e. The van der Waals surface area contributed by atoms with Gasteiger partial charge in [0, 0.05) is 26.1 Å². The fourth-order valence-electron chi connectivity index (χ4n) is 2.55. The molecule has 1 amide bonds. The lowest BCUT2D eigenvalue weighted by molar-refractivity contribution is -0.137. The van der Waals surface area contributed by atoms with Crippen LogP contribution in [0.25, 0.3) is 0 Å². The Labute approximate surface area is 102 Å². The summed E-state index contributed by atoms with van der Waals surface area (Å²) in [5.74, 6) is -0.0150. The molecule has 5 nitrogen and oxygen atoms in total. The first-order valence-electron chi connectivity index (χ1n) is 6.35. The molecular weight excluding hydrogens is 220 g/mol. The zero-order valence-corrected chi connectivity index (χ0v) is 10.4. The van der Waals surface area contributed by atoms with Crippen LogP contribution >= 0.6 is 0 Å². The van der Waals surface area contributed by atoms with Crippen molar-refractivity contribution in [3.05, 3.63) is 0 Å². The van der Waals surface area contributed by atoms with E-state index >= 15 is 0 Å². The summed E-state index contributed by atoms with van der Waals surface area (Å²) in [5.41, 5.74) is 4.37. The lowest BCUT2D eigenvalue weighted by Crippen LogP contribution is -2.55. The molecular formula is C12H22N2O3. The molecule has 1 aliphatic carbocycles. The predicted octanol–water partition coefficient (Wildman–Crippen LogP) is -0.228. The van der Waals surface area contributed by atoms with Crippen molar-refractivity contribution in [2.45, 2.75) is 44.3 Å². The number of ether oxygens (including phenoxy) is 1. The van der Waals surface area contributed by atoms with E-state index in [9.17, 15) is 9.90 Å². The first kappa shape index (κ1) is 12.8. The molecule has 2 aliphatic rings. The van der Waals surface area contributed by atoms with Gasteiger partial charge in [-0.25, -0.2) is 0 Å². The minimum atomic E-state index is -0.921. The van der Waals surface area contributed by atoms with Crippen molar-refractivity contribution in [2.75, 3.05) is 19.7 Å². The number of hydrogen-bond acceptors (Lipinski definition) is 4. The van der Waals surface area contributed by atoms with Crippen LogP contribution in [0.2, 0.25) is 0 Å². The molecule has 0 aromatic heterocycles. The molecule has 2 rings (SSSR count). The first-order chi connectivity index (χ1) is 8.02. The first-order valence-corrected chi connectivity index (χ1v) is 6.35. The van der Waals surface area contributed by atoms with Crippen LogP contribution < -0.4 is 11.1 Å². The number of nitrogens with two attached hydrogens (primary N) is 1. The van der Waals surface area contributed by atoms with Crippen molar-refractivity contribution in [1.82, 2.24) is 5.32 Å². The normalized spacial score (nSPS) is 35.4. The van der Waals surface area contributed by atoms with E-state index in [1.807, 2.05) is 6.92 Å². The molecule has 98 valence electrons. The van der Waals surface area contributed by atoms with E-state index in [0.29, 0.717) is 19.6 Å². The van der Waals surface area contributed by atoms with Gasteiger partial charge in [0.05, 0.1) is 11.5 Å². The molecule has 2 atom stereocenters. The maximum absolute atomic E-state index is 12.0. The fraction of sp³-hybridized carbons (Fsp3) is 0.917. The SMILES string of the molecule is CC1OCCC1(O)CNC(=O)C1(CN)CCC1. The minimum Gasteiger partial charge on any atom is -0.385 e. The van der Waals surface area contributed by atoms with Gasteiger partial charge in [0.25, 0.3) is 0 Å². The van der Waals surface area contributed by atoms with Crippen molar-refractivity contribution >= 4 is 5.91 Å². The molecule has 1 heterocycles. The molecule has 2 unspecified atom stereocenters. The van der Waals surface area contributed by atoms with Crippen LogP contribution in [0.5, 0.6) is 0 Å². The molecule has 0 bridgehead atoms. The summed E-state index contributed by atoms with van der Waals surface area (Å²) in [6.45, 7) is 3.04. The zero-order chi connectivity index (χ0) is 12.5. The van der Waals surface area contributed by atoms with E-state index < -0.39 is 5.60 Å². The van der Waals surface area contributed by atoms with Crippen LogP contribution in [0, 0.1) is 5.41 Å². The molecule has 1 saturated heterocycles. The van der Waals surface area contributed by atoms with Crippen LogP contribution in [0.15, 0.2) is 0 Å². The Morgan fingerprint density at radius 2 is 2.24 bits per heavy atom. The van der Waals surface area contributed by atoms with E-state index in [-0.39, 0.29) is 24.0 Å². The summed E-state index contributed by atoms with van der Waals surface area (Å²) < 4.78 is 5.33. The van der Waals surface area contributed by atoms with E-state index in [1.165, 1.54) is 0 Å². The maximum Gasteiger partial charge on any atom is 0.227 e. The topological polar surface area (TPSA) is 84.6 Å². The van der Waals surface area contributed by atoms with E-state index in [1.54, 1.807) is 0 Å². The summed E-state index contributed by atoms with van der Waals surface area (Å²) in [5, 5.41) is 13.1. The third kappa shape index (κ3) is 2.19. The van der Waals surface area contributed by atoms with Gasteiger partial charge in [-0.2, -0.15) is 0 Å². The van der Waals surface area contributed by atoms with Crippen LogP contribution in [0.3, 0.4) is 0 Å². The van der Waals surface area contributed by atoms with Crippen molar-refractivity contribution < 1.29 is 14.6 Å². The summed E-state index contributed by atoms with van der Waals surface area (Å²) in [6, 6.07) is 0. The van der Waals surface area contributed by atoms with Gasteiger partial charge in [-0.15, -0.1) is 0 Å². The Bertz CT molecular complexity index is 299. The summed E-state index contributed by atoms with van der Waals surface area (Å²) in [6.07, 6.45) is 3.14. The Kier molecular flexibility index (Phi) is 3.43. The summed E-state index contributed by atoms with van der Waals surface area (Å²) in [7, 11) is 0. The van der Waals surface area contributed by atoms with Crippen LogP contribution in [0.1, 0.15) is 32.6 Å². The van der Waals surface area contributed by atoms with Gasteiger partial charge in [-0.1, -0.05) is 6.42 Å². The van der Waals surface area contributed by atoms with Gasteiger partial charge in [0.1, 0.15) is 5.60 Å². The number of hydrogen-bond donors (Lipinski definition) is 3. The number of nitrogens with one attached hydrogen (secondary N) is 1. The molecule has 4 N–H and O–H groups in total. The van der Waals surface area contributed by atoms with Gasteiger partial charge in [-0.05, 0) is 19.8 Å². The summed E-state index contributed by atoms with van der Waals surface area (Å²) in [4.78, 5) is 12.0. The minimum absolute atomic E-state index is 0.0150. The number of rotatable bonds is 4. The van der Waals surface area contributed by atoms with Crippen LogP contribution in [-0.4, -0.2) is 42.4 Å². The summed E-state index contributed by atoms with van der Waals surface area (Å²) >= 11 is 0. The lowest BCUT2D eigenvalue weighted by atomic mass is 9.68. The number of carbonyl (C=O) groups excluding carboxylic acids is 1. The Balaban J connectivity index is 1.87. The fourth-order valence-corrected chi connectivity index (χ4v) is 2.55. The zero-order valence-electron chi connectivity index (χ0n) is 10.4. The number of amides is 1. The highest BCUT2D eigenvalue weighted by molar-refractivity contribution is 5.83. The van der Waals surface area contributed by atoms with Gasteiger partial charge in [-0.3, -0.25) is 4.79 Å². The highest BCUT2D eigenvalue weighted by Crippen LogP contribution is 2.40. The van der Waals surface area contributed by atoms with Crippen molar-refractivity contribution in [2.24, 2.45) is 11.1 Å². The molecule has 1 saturated carbocycles. The van der Waals surface area contributed by atoms with Crippen molar-refractivity contribution in [3.8, 4) is 0 Å². The van der Waals surface area contributed by atoms with Gasteiger partial charge in [0.15, 0.2) is 0 Å². The van der Waals surface area contributed by atoms with Gasteiger partial charge in [0.2, 0.25) is 5.91 Å². The second-order valence-corrected chi connectivity index (χ2v) is 5.39. The maximum atomic E-state index is 12.0. The molecule has 5 heteroatoms. The van der Waals surface area contributed by atoms with Gasteiger partial charge < -0.3 is 20.9 Å². The molecule has 0 spiro atoms. The quantitative estimate of drug-likeness (QED) is 0.636. The Hall–Kier alpha value is -0.650. The second-order valence-electron chi connectivity index (χ2n) is 5.39. The van der Waals surface area contributed by atoms with Crippen molar-refractivity contribution in [3.63, 3.8) is 0 Å². The van der Waals surface area contributed by atoms with Crippen LogP contribution in [-0.2, 0) is 9.53 Å². The molecule has 0 aromatic rings. The lowest BCUT2D eigenvalue weighted by Gasteiger charge is -2.40. The predicted molar refractivity (Wildman–Crippen MR) is 63.3 cm³/mol. The second kappa shape index (κ2) is 4.55. The average Bonchev–Trinajstić information content (AvgIpc) is 2.56. The molecule has 2 fully saturated rings. The molecule has 1 aliphatic heterocycles. The smallest absolute Gasteiger partial charge is 0.227 e. The monoisotopic (exact) mass is 242 g/mol. The van der Waals surface area contributed by atoms with Crippen LogP contribution in [0.4, 0.5) is 0 Å². The highest BCUT2D eigenvalue weighted by Gasteiger charge is 2.45. The van der Waals surface area contributed by atoms with E-state index in [2.05, 4.69) is 5.32 Å². The third-order valence-electron chi connectivity index (χ3n) is 4.40. The van der Waals surface area contributed by atoms with E-state index in [4.69, 9.17) is 10.5 Å².